The van der Waals surface area contributed by atoms with Crippen LogP contribution >= 0.6 is 0 Å². The summed E-state index contributed by atoms with van der Waals surface area (Å²) in [5.74, 6) is 0. The van der Waals surface area contributed by atoms with Crippen molar-refractivity contribution in [2.45, 2.75) is 0 Å². The minimum Gasteiger partial charge on any atom is -0.456 e. The topological polar surface area (TPSA) is 13.1 Å². The Hall–Kier alpha value is -5.66. The maximum absolute atomic E-state index is 9.38. The van der Waals surface area contributed by atoms with Crippen molar-refractivity contribution in [2.24, 2.45) is 0 Å². The summed E-state index contributed by atoms with van der Waals surface area (Å²) in [4.78, 5) is 0. The fraction of sp³-hybridized carbons (Fsp3) is 0. The molecule has 0 aliphatic heterocycles. The molecule has 200 valence electrons. The lowest BCUT2D eigenvalue weighted by Crippen LogP contribution is -1.91. The molecule has 43 heavy (non-hydrogen) atoms. The van der Waals surface area contributed by atoms with Crippen molar-refractivity contribution in [3.63, 3.8) is 0 Å². The Morgan fingerprint density at radius 2 is 1.00 bits per heavy atom. The van der Waals surface area contributed by atoms with Crippen LogP contribution in [-0.2, 0) is 0 Å². The Bertz CT molecular complexity index is 2870. The normalized spacial score (nSPS) is 14.3. The van der Waals surface area contributed by atoms with E-state index in [1.54, 1.807) is 6.07 Å². The third-order valence-electron chi connectivity index (χ3n) is 8.27. The third-order valence-corrected chi connectivity index (χ3v) is 8.27. The number of furan rings is 1. The second-order valence-corrected chi connectivity index (χ2v) is 10.7. The molecular weight excluding hydrogens is 520 g/mol. The molecule has 0 N–H and O–H groups in total. The summed E-state index contributed by atoms with van der Waals surface area (Å²) in [5.41, 5.74) is 4.66. The van der Waals surface area contributed by atoms with E-state index in [0.717, 1.165) is 27.3 Å². The highest BCUT2D eigenvalue weighted by molar-refractivity contribution is 6.26. The van der Waals surface area contributed by atoms with Crippen molar-refractivity contribution in [1.29, 1.82) is 0 Å². The van der Waals surface area contributed by atoms with Gasteiger partial charge < -0.3 is 4.42 Å². The largest absolute Gasteiger partial charge is 0.456 e. The first-order chi connectivity index (χ1) is 24.7. The highest BCUT2D eigenvalue weighted by atomic mass is 16.3. The van der Waals surface area contributed by atoms with E-state index in [4.69, 9.17) is 9.90 Å². The lowest BCUT2D eigenvalue weighted by atomic mass is 9.84. The first-order valence-electron chi connectivity index (χ1n) is 18.1. The summed E-state index contributed by atoms with van der Waals surface area (Å²) in [6.07, 6.45) is 0. The predicted molar refractivity (Wildman–Crippen MR) is 183 cm³/mol. The molecular formula is C42H26O. The van der Waals surface area contributed by atoms with E-state index in [2.05, 4.69) is 0 Å². The summed E-state index contributed by atoms with van der Waals surface area (Å²) in [6, 6.07) is 31.7. The highest BCUT2D eigenvalue weighted by Gasteiger charge is 2.20. The molecule has 9 aromatic rings. The van der Waals surface area contributed by atoms with Gasteiger partial charge in [0.2, 0.25) is 0 Å². The second-order valence-electron chi connectivity index (χ2n) is 10.7. The van der Waals surface area contributed by atoms with Crippen LogP contribution in [0.15, 0.2) is 162 Å². The molecule has 0 atom stereocenters. The lowest BCUT2D eigenvalue weighted by molar-refractivity contribution is 0.669. The van der Waals surface area contributed by atoms with Gasteiger partial charge in [-0.15, -0.1) is 0 Å². The van der Waals surface area contributed by atoms with Gasteiger partial charge in [-0.1, -0.05) is 133 Å². The molecule has 0 amide bonds. The molecule has 0 fully saturated rings. The van der Waals surface area contributed by atoms with Gasteiger partial charge >= 0.3 is 0 Å². The number of hydrogen-bond acceptors (Lipinski definition) is 1. The summed E-state index contributed by atoms with van der Waals surface area (Å²) in [5, 5.41) is 4.12. The summed E-state index contributed by atoms with van der Waals surface area (Å²) < 4.78 is 79.0. The van der Waals surface area contributed by atoms with E-state index in [0.29, 0.717) is 38.8 Å². The third kappa shape index (κ3) is 3.72. The zero-order valence-corrected chi connectivity index (χ0v) is 22.8. The fourth-order valence-corrected chi connectivity index (χ4v) is 6.39. The zero-order valence-electron chi connectivity index (χ0n) is 30.8. The number of fused-ring (bicyclic) bond motifs is 6. The monoisotopic (exact) mass is 554 g/mol. The van der Waals surface area contributed by atoms with Crippen molar-refractivity contribution < 1.29 is 15.4 Å². The van der Waals surface area contributed by atoms with Crippen LogP contribution in [-0.4, -0.2) is 0 Å². The number of benzene rings is 8. The smallest absolute Gasteiger partial charge is 0.136 e. The molecule has 1 nitrogen and oxygen atoms in total. The van der Waals surface area contributed by atoms with Crippen LogP contribution in [0.2, 0.25) is 0 Å². The molecule has 9 rings (SSSR count). The van der Waals surface area contributed by atoms with Gasteiger partial charge in [-0.2, -0.15) is 0 Å². The average Bonchev–Trinajstić information content (AvgIpc) is 3.53. The van der Waals surface area contributed by atoms with E-state index in [9.17, 15) is 5.48 Å². The van der Waals surface area contributed by atoms with Crippen molar-refractivity contribution in [3.05, 3.63) is 158 Å². The Morgan fingerprint density at radius 1 is 0.419 bits per heavy atom. The van der Waals surface area contributed by atoms with Crippen LogP contribution in [0.4, 0.5) is 0 Å². The molecule has 1 aromatic heterocycles. The molecule has 0 bridgehead atoms. The van der Waals surface area contributed by atoms with Crippen molar-refractivity contribution in [1.82, 2.24) is 0 Å². The molecule has 1 heteroatoms. The average molecular weight is 555 g/mol. The van der Waals surface area contributed by atoms with Gasteiger partial charge in [-0.3, -0.25) is 0 Å². The Morgan fingerprint density at radius 3 is 1.72 bits per heavy atom. The Labute approximate surface area is 260 Å². The molecule has 0 spiro atoms. The Balaban J connectivity index is 1.54. The van der Waals surface area contributed by atoms with Crippen LogP contribution < -0.4 is 0 Å². The van der Waals surface area contributed by atoms with Crippen LogP contribution in [0, 0.1) is 0 Å². The van der Waals surface area contributed by atoms with E-state index in [-0.39, 0.29) is 45.7 Å². The van der Waals surface area contributed by atoms with Gasteiger partial charge in [0.25, 0.3) is 0 Å². The van der Waals surface area contributed by atoms with Gasteiger partial charge in [0.05, 0.1) is 11.0 Å². The van der Waals surface area contributed by atoms with Crippen molar-refractivity contribution in [3.8, 4) is 33.4 Å². The van der Waals surface area contributed by atoms with Gasteiger partial charge in [-0.05, 0) is 90.0 Å². The van der Waals surface area contributed by atoms with Crippen LogP contribution in [0.25, 0.3) is 87.6 Å². The summed E-state index contributed by atoms with van der Waals surface area (Å²) >= 11 is 0. The molecule has 0 saturated carbocycles. The van der Waals surface area contributed by atoms with Crippen LogP contribution in [0.1, 0.15) is 11.0 Å². The first kappa shape index (κ1) is 17.3. The predicted octanol–water partition coefficient (Wildman–Crippen LogP) is 12.0. The van der Waals surface area contributed by atoms with E-state index >= 15 is 0 Å². The lowest BCUT2D eigenvalue weighted by Gasteiger charge is -2.18. The molecule has 0 aliphatic rings. The van der Waals surface area contributed by atoms with Gasteiger partial charge in [0.1, 0.15) is 11.2 Å². The maximum atomic E-state index is 9.38. The van der Waals surface area contributed by atoms with Crippen LogP contribution in [0.5, 0.6) is 0 Å². The quantitative estimate of drug-likeness (QED) is 0.198. The maximum Gasteiger partial charge on any atom is 0.136 e. The molecule has 1 heterocycles. The molecule has 8 aromatic carbocycles. The number of rotatable bonds is 3. The molecule has 0 radical (unpaired) electrons. The SMILES string of the molecule is [2H]c1c([2H])c([2H])c2c(-c3cccc4oc5cc6ccccc6cc5c34)c3c([2H])c([2H])c([2H])c([2H])c3c(-c3cccc(-c4ccccc4)c3)c2c1[2H]. The van der Waals surface area contributed by atoms with Crippen molar-refractivity contribution >= 4 is 54.3 Å². The van der Waals surface area contributed by atoms with Crippen LogP contribution in [0.3, 0.4) is 0 Å². The number of hydrogen-bond donors (Lipinski definition) is 0. The van der Waals surface area contributed by atoms with E-state index < -0.39 is 24.2 Å². The molecule has 0 saturated heterocycles. The molecule has 0 unspecified atom stereocenters. The van der Waals surface area contributed by atoms with Crippen molar-refractivity contribution in [2.75, 3.05) is 0 Å². The van der Waals surface area contributed by atoms with Gasteiger partial charge in [0, 0.05) is 10.8 Å². The first-order valence-corrected chi connectivity index (χ1v) is 14.1. The minimum atomic E-state index is -0.437. The fourth-order valence-electron chi connectivity index (χ4n) is 6.39. The van der Waals surface area contributed by atoms with Gasteiger partial charge in [-0.25, -0.2) is 0 Å². The summed E-state index contributed by atoms with van der Waals surface area (Å²) in [7, 11) is 0. The zero-order chi connectivity index (χ0) is 35.3. The minimum absolute atomic E-state index is 0.168. The second kappa shape index (κ2) is 9.44. The molecule has 0 aliphatic carbocycles. The highest BCUT2D eigenvalue weighted by Crippen LogP contribution is 2.47. The summed E-state index contributed by atoms with van der Waals surface area (Å²) in [6.45, 7) is 0. The van der Waals surface area contributed by atoms with E-state index in [1.807, 2.05) is 103 Å². The standard InChI is InChI=1S/C42H26O/c1-2-12-27(13-3-1)28-16-10-17-31(24-28)40-32-18-6-8-20-34(32)41(35-21-9-7-19-33(35)40)36-22-11-23-38-42(36)37-25-29-14-4-5-15-30(29)26-39(37)43-38/h1-26H/i6D,7D,8D,9D,18D,19D,20D,21D. The van der Waals surface area contributed by atoms with E-state index in [1.165, 1.54) is 0 Å². The van der Waals surface area contributed by atoms with Gasteiger partial charge in [0.15, 0.2) is 0 Å². The Kier molecular flexibility index (Phi) is 3.80.